The van der Waals surface area contributed by atoms with Crippen molar-refractivity contribution in [1.82, 2.24) is 5.32 Å². The lowest BCUT2D eigenvalue weighted by atomic mass is 9.93. The highest BCUT2D eigenvalue weighted by molar-refractivity contribution is 5.84. The summed E-state index contributed by atoms with van der Waals surface area (Å²) in [6, 6.07) is 0.356. The van der Waals surface area contributed by atoms with Crippen LogP contribution in [0.5, 0.6) is 0 Å². The summed E-state index contributed by atoms with van der Waals surface area (Å²) in [5, 5.41) is 3.44. The minimum Gasteiger partial charge on any atom is -0.368 e. The summed E-state index contributed by atoms with van der Waals surface area (Å²) < 4.78 is 10.4. The van der Waals surface area contributed by atoms with Crippen molar-refractivity contribution in [3.05, 3.63) is 0 Å². The number of ether oxygens (including phenoxy) is 2. The first-order chi connectivity index (χ1) is 9.01. The summed E-state index contributed by atoms with van der Waals surface area (Å²) in [5.41, 5.74) is 4.79. The molecule has 0 spiro atoms. The Labute approximate surface area is 116 Å². The number of nitrogens with one attached hydrogen (secondary N) is 1. The van der Waals surface area contributed by atoms with Crippen LogP contribution in [0, 0.1) is 0 Å². The summed E-state index contributed by atoms with van der Waals surface area (Å²) in [5.74, 6) is -0.351. The normalized spacial score (nSPS) is 21.1. The maximum Gasteiger partial charge on any atom is 0.237 e. The first kappa shape index (κ1) is 16.4. The van der Waals surface area contributed by atoms with Gasteiger partial charge in [-0.15, -0.1) is 0 Å². The molecular weight excluding hydrogens is 244 g/mol. The van der Waals surface area contributed by atoms with Gasteiger partial charge in [-0.3, -0.25) is 4.79 Å². The summed E-state index contributed by atoms with van der Waals surface area (Å²) >= 11 is 0. The number of primary amides is 1. The molecule has 1 amide bonds. The third-order valence-corrected chi connectivity index (χ3v) is 4.02. The molecule has 0 radical (unpaired) electrons. The summed E-state index contributed by atoms with van der Waals surface area (Å²) in [7, 11) is 3.14. The molecule has 0 aromatic rings. The average Bonchev–Trinajstić information content (AvgIpc) is 2.64. The molecule has 0 bridgehead atoms. The van der Waals surface area contributed by atoms with Crippen LogP contribution in [0.15, 0.2) is 0 Å². The Balaban J connectivity index is 2.66. The lowest BCUT2D eigenvalue weighted by molar-refractivity contribution is -0.139. The fraction of sp³-hybridized carbons (Fsp3) is 0.929. The molecule has 112 valence electrons. The first-order valence-corrected chi connectivity index (χ1v) is 7.15. The number of hydrogen-bond acceptors (Lipinski definition) is 4. The third-order valence-electron chi connectivity index (χ3n) is 4.02. The SMILES string of the molecule is COC(CC(C)(NC1CCCCCC1)C(N)=O)OC. The standard InChI is InChI=1S/C14H28N2O3/c1-14(13(15)17,10-12(18-2)19-3)16-11-8-6-4-5-7-9-11/h11-12,16H,4-10H2,1-3H3,(H2,15,17). The van der Waals surface area contributed by atoms with Crippen LogP contribution >= 0.6 is 0 Å². The molecule has 0 aromatic heterocycles. The van der Waals surface area contributed by atoms with Crippen molar-refractivity contribution < 1.29 is 14.3 Å². The fourth-order valence-electron chi connectivity index (χ4n) is 2.70. The van der Waals surface area contributed by atoms with Gasteiger partial charge in [0.25, 0.3) is 0 Å². The monoisotopic (exact) mass is 272 g/mol. The van der Waals surface area contributed by atoms with Crippen LogP contribution in [0.4, 0.5) is 0 Å². The minimum atomic E-state index is -0.786. The van der Waals surface area contributed by atoms with E-state index in [1.54, 1.807) is 14.2 Å². The van der Waals surface area contributed by atoms with Crippen molar-refractivity contribution in [2.75, 3.05) is 14.2 Å². The van der Waals surface area contributed by atoms with Gasteiger partial charge in [-0.1, -0.05) is 25.7 Å². The minimum absolute atomic E-state index is 0.351. The first-order valence-electron chi connectivity index (χ1n) is 7.15. The van der Waals surface area contributed by atoms with Gasteiger partial charge in [-0.05, 0) is 19.8 Å². The molecule has 0 aliphatic heterocycles. The van der Waals surface area contributed by atoms with Gasteiger partial charge in [0.2, 0.25) is 5.91 Å². The molecule has 5 nitrogen and oxygen atoms in total. The Morgan fingerprint density at radius 2 is 1.79 bits per heavy atom. The second-order valence-corrected chi connectivity index (χ2v) is 5.63. The maximum atomic E-state index is 11.8. The van der Waals surface area contributed by atoms with E-state index in [2.05, 4.69) is 5.32 Å². The smallest absolute Gasteiger partial charge is 0.237 e. The second kappa shape index (κ2) is 7.82. The van der Waals surface area contributed by atoms with E-state index >= 15 is 0 Å². The van der Waals surface area contributed by atoms with Crippen molar-refractivity contribution in [3.63, 3.8) is 0 Å². The van der Waals surface area contributed by atoms with Crippen molar-refractivity contribution in [2.24, 2.45) is 5.73 Å². The number of hydrogen-bond donors (Lipinski definition) is 2. The second-order valence-electron chi connectivity index (χ2n) is 5.63. The molecule has 0 heterocycles. The maximum absolute atomic E-state index is 11.8. The van der Waals surface area contributed by atoms with Crippen LogP contribution < -0.4 is 11.1 Å². The molecule has 1 atom stereocenters. The highest BCUT2D eigenvalue weighted by Crippen LogP contribution is 2.22. The van der Waals surface area contributed by atoms with Gasteiger partial charge >= 0.3 is 0 Å². The topological polar surface area (TPSA) is 73.6 Å². The lowest BCUT2D eigenvalue weighted by Crippen LogP contribution is -2.58. The number of carbonyl (C=O) groups excluding carboxylic acids is 1. The Kier molecular flexibility index (Phi) is 6.75. The van der Waals surface area contributed by atoms with Gasteiger partial charge in [0.15, 0.2) is 6.29 Å². The van der Waals surface area contributed by atoms with Gasteiger partial charge < -0.3 is 20.5 Å². The van der Waals surface area contributed by atoms with E-state index in [1.807, 2.05) is 6.92 Å². The van der Waals surface area contributed by atoms with Crippen LogP contribution in [0.3, 0.4) is 0 Å². The highest BCUT2D eigenvalue weighted by atomic mass is 16.7. The summed E-state index contributed by atoms with van der Waals surface area (Å²) in [6.07, 6.45) is 7.20. The molecule has 19 heavy (non-hydrogen) atoms. The van der Waals surface area contributed by atoms with E-state index in [-0.39, 0.29) is 5.91 Å². The van der Waals surface area contributed by atoms with Crippen LogP contribution in [0.2, 0.25) is 0 Å². The lowest BCUT2D eigenvalue weighted by Gasteiger charge is -2.34. The number of methoxy groups -OCH3 is 2. The zero-order valence-corrected chi connectivity index (χ0v) is 12.4. The molecule has 1 aliphatic rings. The Bertz CT molecular complexity index is 274. The molecular formula is C14H28N2O3. The number of amides is 1. The van der Waals surface area contributed by atoms with Crippen LogP contribution in [-0.2, 0) is 14.3 Å². The fourth-order valence-corrected chi connectivity index (χ4v) is 2.70. The largest absolute Gasteiger partial charge is 0.368 e. The predicted molar refractivity (Wildman–Crippen MR) is 74.6 cm³/mol. The van der Waals surface area contributed by atoms with Gasteiger partial charge in [-0.25, -0.2) is 0 Å². The molecule has 1 unspecified atom stereocenters. The number of rotatable bonds is 7. The molecule has 1 rings (SSSR count). The van der Waals surface area contributed by atoms with Crippen LogP contribution in [-0.4, -0.2) is 38.0 Å². The molecule has 3 N–H and O–H groups in total. The van der Waals surface area contributed by atoms with E-state index in [0.29, 0.717) is 12.5 Å². The molecule has 0 aromatic carbocycles. The molecule has 5 heteroatoms. The average molecular weight is 272 g/mol. The summed E-state index contributed by atoms with van der Waals surface area (Å²) in [6.45, 7) is 1.84. The van der Waals surface area contributed by atoms with Gasteiger partial charge in [-0.2, -0.15) is 0 Å². The molecule has 1 saturated carbocycles. The number of nitrogens with two attached hydrogens (primary N) is 1. The number of carbonyl (C=O) groups is 1. The highest BCUT2D eigenvalue weighted by Gasteiger charge is 2.36. The quantitative estimate of drug-likeness (QED) is 0.545. The molecule has 1 fully saturated rings. The van der Waals surface area contributed by atoms with E-state index < -0.39 is 11.8 Å². The summed E-state index contributed by atoms with van der Waals surface area (Å²) in [4.78, 5) is 11.8. The van der Waals surface area contributed by atoms with Crippen molar-refractivity contribution in [2.45, 2.75) is 69.7 Å². The Morgan fingerprint density at radius 1 is 1.26 bits per heavy atom. The van der Waals surface area contributed by atoms with Gasteiger partial charge in [0.1, 0.15) is 0 Å². The third kappa shape index (κ3) is 5.09. The van der Waals surface area contributed by atoms with E-state index in [0.717, 1.165) is 12.8 Å². The van der Waals surface area contributed by atoms with Crippen LogP contribution in [0.1, 0.15) is 51.9 Å². The Hall–Kier alpha value is -0.650. The van der Waals surface area contributed by atoms with Crippen molar-refractivity contribution in [3.8, 4) is 0 Å². The molecule has 0 saturated heterocycles. The zero-order chi connectivity index (χ0) is 14.3. The van der Waals surface area contributed by atoms with Crippen molar-refractivity contribution >= 4 is 5.91 Å². The van der Waals surface area contributed by atoms with E-state index in [9.17, 15) is 4.79 Å². The van der Waals surface area contributed by atoms with Gasteiger partial charge in [0.05, 0.1) is 5.54 Å². The van der Waals surface area contributed by atoms with Crippen LogP contribution in [0.25, 0.3) is 0 Å². The molecule has 1 aliphatic carbocycles. The van der Waals surface area contributed by atoms with E-state index in [1.165, 1.54) is 25.7 Å². The van der Waals surface area contributed by atoms with Gasteiger partial charge in [0, 0.05) is 26.7 Å². The Morgan fingerprint density at radius 3 is 2.21 bits per heavy atom. The predicted octanol–water partition coefficient (Wildman–Crippen LogP) is 1.55. The van der Waals surface area contributed by atoms with Crippen molar-refractivity contribution in [1.29, 1.82) is 0 Å². The zero-order valence-electron chi connectivity index (χ0n) is 12.4. The van der Waals surface area contributed by atoms with E-state index in [4.69, 9.17) is 15.2 Å².